The minimum atomic E-state index is 0.122. The van der Waals surface area contributed by atoms with Gasteiger partial charge in [0.25, 0.3) is 0 Å². The Labute approximate surface area is 118 Å². The lowest BCUT2D eigenvalue weighted by atomic mass is 10.0. The predicted octanol–water partition coefficient (Wildman–Crippen LogP) is 2.95. The standard InChI is InChI=1S/C14H21N3OS/c1-4-12(15)14(13-6-5-7-19-13)17(3)9-11-8-10(2)18-16-11/h5-8,12,14H,4,9,15H2,1-3H3. The lowest BCUT2D eigenvalue weighted by Crippen LogP contribution is -2.38. The second kappa shape index (κ2) is 6.32. The number of nitrogens with zero attached hydrogens (tertiary/aromatic N) is 2. The van der Waals surface area contributed by atoms with Gasteiger partial charge in [-0.2, -0.15) is 0 Å². The lowest BCUT2D eigenvalue weighted by molar-refractivity contribution is 0.199. The van der Waals surface area contributed by atoms with E-state index in [1.165, 1.54) is 4.88 Å². The number of rotatable bonds is 6. The minimum absolute atomic E-state index is 0.122. The molecule has 0 amide bonds. The van der Waals surface area contributed by atoms with E-state index in [1.54, 1.807) is 11.3 Å². The van der Waals surface area contributed by atoms with Gasteiger partial charge in [-0.1, -0.05) is 18.1 Å². The maximum atomic E-state index is 6.29. The Bertz CT molecular complexity index is 495. The van der Waals surface area contributed by atoms with E-state index in [0.717, 1.165) is 24.4 Å². The molecule has 2 aromatic heterocycles. The first-order chi connectivity index (χ1) is 9.11. The molecule has 2 unspecified atom stereocenters. The van der Waals surface area contributed by atoms with E-state index in [2.05, 4.69) is 41.5 Å². The molecule has 0 aliphatic carbocycles. The molecule has 4 nitrogen and oxygen atoms in total. The second-order valence-corrected chi connectivity index (χ2v) is 5.86. The molecule has 2 heterocycles. The number of likely N-dealkylation sites (N-methyl/N-ethyl adjacent to an activating group) is 1. The molecule has 0 aliphatic heterocycles. The smallest absolute Gasteiger partial charge is 0.133 e. The summed E-state index contributed by atoms with van der Waals surface area (Å²) >= 11 is 1.75. The van der Waals surface area contributed by atoms with Gasteiger partial charge in [0.1, 0.15) is 5.76 Å². The van der Waals surface area contributed by atoms with E-state index >= 15 is 0 Å². The molecule has 0 bridgehead atoms. The first kappa shape index (κ1) is 14.2. The van der Waals surface area contributed by atoms with Crippen LogP contribution in [0.5, 0.6) is 0 Å². The van der Waals surface area contributed by atoms with E-state index in [4.69, 9.17) is 10.3 Å². The zero-order valence-electron chi connectivity index (χ0n) is 11.7. The summed E-state index contributed by atoms with van der Waals surface area (Å²) in [5.41, 5.74) is 7.24. The van der Waals surface area contributed by atoms with Crippen LogP contribution in [0.2, 0.25) is 0 Å². The molecule has 2 atom stereocenters. The third-order valence-electron chi connectivity index (χ3n) is 3.27. The highest BCUT2D eigenvalue weighted by molar-refractivity contribution is 7.10. The van der Waals surface area contributed by atoms with Gasteiger partial charge in [0.15, 0.2) is 0 Å². The van der Waals surface area contributed by atoms with Crippen molar-refractivity contribution in [2.75, 3.05) is 7.05 Å². The van der Waals surface area contributed by atoms with Crippen LogP contribution < -0.4 is 5.73 Å². The molecule has 0 radical (unpaired) electrons. The molecular weight excluding hydrogens is 258 g/mol. The Balaban J connectivity index is 2.14. The van der Waals surface area contributed by atoms with Gasteiger partial charge in [0.2, 0.25) is 0 Å². The Morgan fingerprint density at radius 1 is 1.53 bits per heavy atom. The fraction of sp³-hybridized carbons (Fsp3) is 0.500. The van der Waals surface area contributed by atoms with Crippen molar-refractivity contribution in [3.8, 4) is 0 Å². The quantitative estimate of drug-likeness (QED) is 0.883. The highest BCUT2D eigenvalue weighted by Crippen LogP contribution is 2.28. The summed E-state index contributed by atoms with van der Waals surface area (Å²) in [6, 6.07) is 6.54. The third kappa shape index (κ3) is 3.43. The lowest BCUT2D eigenvalue weighted by Gasteiger charge is -2.31. The van der Waals surface area contributed by atoms with Crippen LogP contribution in [0.15, 0.2) is 28.1 Å². The van der Waals surface area contributed by atoms with Crippen molar-refractivity contribution in [3.63, 3.8) is 0 Å². The Kier molecular flexibility index (Phi) is 4.74. The Morgan fingerprint density at radius 2 is 2.32 bits per heavy atom. The van der Waals surface area contributed by atoms with Gasteiger partial charge in [-0.3, -0.25) is 4.90 Å². The zero-order chi connectivity index (χ0) is 13.8. The summed E-state index contributed by atoms with van der Waals surface area (Å²) in [7, 11) is 2.09. The topological polar surface area (TPSA) is 55.3 Å². The molecule has 0 spiro atoms. The first-order valence-corrected chi connectivity index (χ1v) is 7.41. The van der Waals surface area contributed by atoms with E-state index in [9.17, 15) is 0 Å². The van der Waals surface area contributed by atoms with Crippen LogP contribution in [0, 0.1) is 6.92 Å². The van der Waals surface area contributed by atoms with E-state index in [1.807, 2.05) is 13.0 Å². The average Bonchev–Trinajstić information content (AvgIpc) is 3.01. The zero-order valence-corrected chi connectivity index (χ0v) is 12.5. The molecule has 2 rings (SSSR count). The van der Waals surface area contributed by atoms with Crippen LogP contribution in [0.3, 0.4) is 0 Å². The van der Waals surface area contributed by atoms with Gasteiger partial charge in [0, 0.05) is 23.5 Å². The van der Waals surface area contributed by atoms with Gasteiger partial charge in [-0.05, 0) is 31.8 Å². The summed E-state index contributed by atoms with van der Waals surface area (Å²) in [6.45, 7) is 4.78. The van der Waals surface area contributed by atoms with Crippen LogP contribution in [0.4, 0.5) is 0 Å². The Morgan fingerprint density at radius 3 is 2.84 bits per heavy atom. The molecule has 0 aliphatic rings. The van der Waals surface area contributed by atoms with Crippen LogP contribution in [-0.4, -0.2) is 23.1 Å². The number of nitrogens with two attached hydrogens (primary N) is 1. The van der Waals surface area contributed by atoms with Crippen molar-refractivity contribution < 1.29 is 4.52 Å². The number of aryl methyl sites for hydroxylation is 1. The largest absolute Gasteiger partial charge is 0.361 e. The van der Waals surface area contributed by atoms with E-state index < -0.39 is 0 Å². The second-order valence-electron chi connectivity index (χ2n) is 4.88. The first-order valence-electron chi connectivity index (χ1n) is 6.53. The molecule has 0 saturated carbocycles. The maximum absolute atomic E-state index is 6.29. The molecule has 5 heteroatoms. The Hall–Kier alpha value is -1.17. The fourth-order valence-electron chi connectivity index (χ4n) is 2.28. The summed E-state index contributed by atoms with van der Waals surface area (Å²) in [6.07, 6.45) is 0.949. The molecule has 104 valence electrons. The molecule has 0 fully saturated rings. The minimum Gasteiger partial charge on any atom is -0.361 e. The summed E-state index contributed by atoms with van der Waals surface area (Å²) < 4.78 is 5.12. The number of hydrogen-bond acceptors (Lipinski definition) is 5. The number of thiophene rings is 1. The third-order valence-corrected chi connectivity index (χ3v) is 4.22. The van der Waals surface area contributed by atoms with Crippen LogP contribution in [0.1, 0.15) is 35.7 Å². The van der Waals surface area contributed by atoms with Crippen LogP contribution in [-0.2, 0) is 6.54 Å². The van der Waals surface area contributed by atoms with Crippen molar-refractivity contribution in [3.05, 3.63) is 39.9 Å². The van der Waals surface area contributed by atoms with Gasteiger partial charge in [-0.25, -0.2) is 0 Å². The van der Waals surface area contributed by atoms with Crippen molar-refractivity contribution in [1.29, 1.82) is 0 Å². The van der Waals surface area contributed by atoms with Crippen molar-refractivity contribution in [2.24, 2.45) is 5.73 Å². The molecule has 19 heavy (non-hydrogen) atoms. The highest BCUT2D eigenvalue weighted by Gasteiger charge is 2.24. The fourth-order valence-corrected chi connectivity index (χ4v) is 3.25. The van der Waals surface area contributed by atoms with Crippen LogP contribution in [0.25, 0.3) is 0 Å². The molecule has 2 aromatic rings. The summed E-state index contributed by atoms with van der Waals surface area (Å²) in [5, 5.41) is 6.15. The highest BCUT2D eigenvalue weighted by atomic mass is 32.1. The van der Waals surface area contributed by atoms with Crippen molar-refractivity contribution >= 4 is 11.3 Å². The van der Waals surface area contributed by atoms with Gasteiger partial charge in [0.05, 0.1) is 11.7 Å². The summed E-state index contributed by atoms with van der Waals surface area (Å²) in [5.74, 6) is 0.843. The average molecular weight is 279 g/mol. The molecule has 0 saturated heterocycles. The predicted molar refractivity (Wildman–Crippen MR) is 78.0 cm³/mol. The number of hydrogen-bond donors (Lipinski definition) is 1. The molecule has 0 aromatic carbocycles. The van der Waals surface area contributed by atoms with Gasteiger partial charge >= 0.3 is 0 Å². The van der Waals surface area contributed by atoms with Gasteiger partial charge < -0.3 is 10.3 Å². The van der Waals surface area contributed by atoms with Crippen LogP contribution >= 0.6 is 11.3 Å². The molecule has 2 N–H and O–H groups in total. The monoisotopic (exact) mass is 279 g/mol. The maximum Gasteiger partial charge on any atom is 0.133 e. The summed E-state index contributed by atoms with van der Waals surface area (Å²) in [4.78, 5) is 3.55. The van der Waals surface area contributed by atoms with Gasteiger partial charge in [-0.15, -0.1) is 11.3 Å². The van der Waals surface area contributed by atoms with E-state index in [0.29, 0.717) is 0 Å². The molecular formula is C14H21N3OS. The van der Waals surface area contributed by atoms with Crippen molar-refractivity contribution in [2.45, 2.75) is 38.9 Å². The normalized spacial score (nSPS) is 14.8. The van der Waals surface area contributed by atoms with E-state index in [-0.39, 0.29) is 12.1 Å². The van der Waals surface area contributed by atoms with Crippen molar-refractivity contribution in [1.82, 2.24) is 10.1 Å². The SMILES string of the molecule is CCC(N)C(c1cccs1)N(C)Cc1cc(C)on1. The number of aromatic nitrogens is 1.